The number of aromatic nitrogens is 1. The van der Waals surface area contributed by atoms with Crippen LogP contribution >= 0.6 is 11.3 Å². The van der Waals surface area contributed by atoms with E-state index in [-0.39, 0.29) is 5.60 Å². The highest BCUT2D eigenvalue weighted by Crippen LogP contribution is 2.34. The van der Waals surface area contributed by atoms with Gasteiger partial charge in [0.15, 0.2) is 0 Å². The van der Waals surface area contributed by atoms with E-state index in [1.807, 2.05) is 11.3 Å². The second-order valence-corrected chi connectivity index (χ2v) is 7.26. The number of thiazole rings is 1. The topological polar surface area (TPSA) is 34.1 Å². The first-order valence-electron chi connectivity index (χ1n) is 8.30. The molecule has 1 aromatic heterocycles. The van der Waals surface area contributed by atoms with Crippen LogP contribution in [0.4, 0.5) is 0 Å². The average molecular weight is 313 g/mol. The average Bonchev–Trinajstić information content (AvgIpc) is 2.82. The molecule has 0 aromatic carbocycles. The molecule has 0 radical (unpaired) electrons. The third-order valence-corrected chi connectivity index (χ3v) is 5.02. The summed E-state index contributed by atoms with van der Waals surface area (Å²) >= 11 is 1.82. The lowest BCUT2D eigenvalue weighted by Crippen LogP contribution is -2.24. The van der Waals surface area contributed by atoms with Crippen molar-refractivity contribution in [3.05, 3.63) is 15.6 Å². The van der Waals surface area contributed by atoms with Gasteiger partial charge in [0.2, 0.25) is 0 Å². The second kappa shape index (κ2) is 8.86. The van der Waals surface area contributed by atoms with Gasteiger partial charge in [-0.25, -0.2) is 4.98 Å². The summed E-state index contributed by atoms with van der Waals surface area (Å²) in [4.78, 5) is 6.33. The van der Waals surface area contributed by atoms with E-state index in [4.69, 9.17) is 9.72 Å². The molecule has 0 aliphatic carbocycles. The Labute approximate surface area is 134 Å². The van der Waals surface area contributed by atoms with Gasteiger partial charge >= 0.3 is 0 Å². The standard InChI is InChI=1S/C17H32N2OS/c1-7-10-18-12-15-14(11-13(4)5)19-16(21-15)17(6,8-2)20-9-3/h13,18H,7-12H2,1-6H3. The predicted molar refractivity (Wildman–Crippen MR) is 91.9 cm³/mol. The summed E-state index contributed by atoms with van der Waals surface area (Å²) in [6.45, 7) is 15.8. The number of nitrogens with zero attached hydrogens (tertiary/aromatic N) is 1. The van der Waals surface area contributed by atoms with Crippen molar-refractivity contribution >= 4 is 11.3 Å². The van der Waals surface area contributed by atoms with Crippen LogP contribution in [0.3, 0.4) is 0 Å². The quantitative estimate of drug-likeness (QED) is 0.646. The van der Waals surface area contributed by atoms with Crippen molar-refractivity contribution in [3.8, 4) is 0 Å². The Balaban J connectivity index is 2.99. The van der Waals surface area contributed by atoms with Crippen molar-refractivity contribution in [1.29, 1.82) is 0 Å². The molecule has 3 nitrogen and oxygen atoms in total. The zero-order valence-corrected chi connectivity index (χ0v) is 15.4. The van der Waals surface area contributed by atoms with Gasteiger partial charge in [0.1, 0.15) is 10.6 Å². The first-order valence-corrected chi connectivity index (χ1v) is 9.12. The van der Waals surface area contributed by atoms with Crippen LogP contribution in [0.15, 0.2) is 0 Å². The lowest BCUT2D eigenvalue weighted by atomic mass is 10.0. The van der Waals surface area contributed by atoms with Crippen molar-refractivity contribution in [1.82, 2.24) is 10.3 Å². The van der Waals surface area contributed by atoms with Crippen molar-refractivity contribution in [2.24, 2.45) is 5.92 Å². The maximum atomic E-state index is 5.99. The first kappa shape index (κ1) is 18.6. The van der Waals surface area contributed by atoms with E-state index >= 15 is 0 Å². The summed E-state index contributed by atoms with van der Waals surface area (Å²) in [6, 6.07) is 0. The summed E-state index contributed by atoms with van der Waals surface area (Å²) < 4.78 is 5.99. The molecule has 0 saturated carbocycles. The van der Waals surface area contributed by atoms with Crippen LogP contribution in [0, 0.1) is 5.92 Å². The molecule has 0 aliphatic rings. The molecule has 1 N–H and O–H groups in total. The number of hydrogen-bond acceptors (Lipinski definition) is 4. The molecule has 1 rings (SSSR count). The highest BCUT2D eigenvalue weighted by atomic mass is 32.1. The fraction of sp³-hybridized carbons (Fsp3) is 0.824. The van der Waals surface area contributed by atoms with Gasteiger partial charge in [-0.15, -0.1) is 11.3 Å². The molecule has 0 amide bonds. The largest absolute Gasteiger partial charge is 0.368 e. The Morgan fingerprint density at radius 1 is 1.29 bits per heavy atom. The molecule has 0 spiro atoms. The molecule has 0 fully saturated rings. The Morgan fingerprint density at radius 3 is 2.52 bits per heavy atom. The van der Waals surface area contributed by atoms with E-state index in [0.29, 0.717) is 5.92 Å². The second-order valence-electron chi connectivity index (χ2n) is 6.18. The van der Waals surface area contributed by atoms with Gasteiger partial charge < -0.3 is 10.1 Å². The molecule has 1 heterocycles. The molecule has 1 unspecified atom stereocenters. The molecule has 1 aromatic rings. The molecule has 1 atom stereocenters. The molecule has 4 heteroatoms. The number of ether oxygens (including phenoxy) is 1. The molecular formula is C17H32N2OS. The molecule has 0 saturated heterocycles. The van der Waals surface area contributed by atoms with Crippen LogP contribution in [-0.4, -0.2) is 18.1 Å². The molecule has 122 valence electrons. The van der Waals surface area contributed by atoms with Crippen LogP contribution < -0.4 is 5.32 Å². The van der Waals surface area contributed by atoms with E-state index in [1.54, 1.807) is 0 Å². The van der Waals surface area contributed by atoms with Gasteiger partial charge in [0.05, 0.1) is 5.69 Å². The molecule has 21 heavy (non-hydrogen) atoms. The Bertz CT molecular complexity index is 417. The van der Waals surface area contributed by atoms with Crippen molar-refractivity contribution in [2.75, 3.05) is 13.2 Å². The minimum Gasteiger partial charge on any atom is -0.368 e. The third kappa shape index (κ3) is 5.35. The van der Waals surface area contributed by atoms with Gasteiger partial charge in [0.25, 0.3) is 0 Å². The van der Waals surface area contributed by atoms with Crippen LogP contribution in [0.2, 0.25) is 0 Å². The third-order valence-electron chi connectivity index (χ3n) is 3.68. The van der Waals surface area contributed by atoms with Gasteiger partial charge in [-0.2, -0.15) is 0 Å². The SMILES string of the molecule is CCCNCc1sc(C(C)(CC)OCC)nc1CC(C)C. The first-order chi connectivity index (χ1) is 9.96. The minimum absolute atomic E-state index is 0.242. The van der Waals surface area contributed by atoms with Gasteiger partial charge in [0, 0.05) is 18.0 Å². The van der Waals surface area contributed by atoms with Gasteiger partial charge in [-0.3, -0.25) is 0 Å². The maximum absolute atomic E-state index is 5.99. The number of hydrogen-bond donors (Lipinski definition) is 1. The Morgan fingerprint density at radius 2 is 2.00 bits per heavy atom. The summed E-state index contributed by atoms with van der Waals surface area (Å²) in [6.07, 6.45) is 3.17. The minimum atomic E-state index is -0.242. The van der Waals surface area contributed by atoms with Crippen molar-refractivity contribution in [3.63, 3.8) is 0 Å². The van der Waals surface area contributed by atoms with Crippen LogP contribution in [0.1, 0.15) is 70.0 Å². The van der Waals surface area contributed by atoms with Gasteiger partial charge in [-0.05, 0) is 45.6 Å². The van der Waals surface area contributed by atoms with Crippen molar-refractivity contribution in [2.45, 2.75) is 73.0 Å². The van der Waals surface area contributed by atoms with Crippen LogP contribution in [0.5, 0.6) is 0 Å². The highest BCUT2D eigenvalue weighted by Gasteiger charge is 2.30. The van der Waals surface area contributed by atoms with Crippen LogP contribution in [0.25, 0.3) is 0 Å². The number of rotatable bonds is 10. The summed E-state index contributed by atoms with van der Waals surface area (Å²) in [5.41, 5.74) is 1.02. The van der Waals surface area contributed by atoms with E-state index in [9.17, 15) is 0 Å². The lowest BCUT2D eigenvalue weighted by molar-refractivity contribution is -0.0325. The molecular weight excluding hydrogens is 280 g/mol. The fourth-order valence-electron chi connectivity index (χ4n) is 2.31. The lowest BCUT2D eigenvalue weighted by Gasteiger charge is -2.25. The van der Waals surface area contributed by atoms with E-state index < -0.39 is 0 Å². The summed E-state index contributed by atoms with van der Waals surface area (Å²) in [7, 11) is 0. The van der Waals surface area contributed by atoms with Crippen molar-refractivity contribution < 1.29 is 4.74 Å². The summed E-state index contributed by atoms with van der Waals surface area (Å²) in [5, 5.41) is 4.64. The molecule has 0 bridgehead atoms. The van der Waals surface area contributed by atoms with Crippen LogP contribution in [-0.2, 0) is 23.3 Å². The monoisotopic (exact) mass is 312 g/mol. The fourth-order valence-corrected chi connectivity index (χ4v) is 3.54. The van der Waals surface area contributed by atoms with E-state index in [0.717, 1.165) is 44.0 Å². The smallest absolute Gasteiger partial charge is 0.125 e. The number of nitrogens with one attached hydrogen (secondary N) is 1. The normalized spacial score (nSPS) is 14.6. The Hall–Kier alpha value is -0.450. The zero-order valence-electron chi connectivity index (χ0n) is 14.6. The summed E-state index contributed by atoms with van der Waals surface area (Å²) in [5.74, 6) is 0.629. The zero-order chi connectivity index (χ0) is 15.9. The molecule has 0 aliphatic heterocycles. The predicted octanol–water partition coefficient (Wildman–Crippen LogP) is 4.50. The van der Waals surface area contributed by atoms with Gasteiger partial charge in [-0.1, -0.05) is 27.7 Å². The maximum Gasteiger partial charge on any atom is 0.125 e. The van der Waals surface area contributed by atoms with E-state index in [1.165, 1.54) is 10.6 Å². The van der Waals surface area contributed by atoms with E-state index in [2.05, 4.69) is 46.9 Å². The highest BCUT2D eigenvalue weighted by molar-refractivity contribution is 7.11. The Kier molecular flexibility index (Phi) is 7.85.